The molecule has 2 aromatic rings. The maximum absolute atomic E-state index is 11.8. The molecule has 0 aliphatic carbocycles. The molecule has 0 heterocycles. The Morgan fingerprint density at radius 2 is 1.80 bits per heavy atom. The van der Waals surface area contributed by atoms with Gasteiger partial charge in [0, 0.05) is 11.1 Å². The van der Waals surface area contributed by atoms with Gasteiger partial charge in [-0.05, 0) is 42.0 Å². The van der Waals surface area contributed by atoms with E-state index in [1.54, 1.807) is 48.5 Å². The van der Waals surface area contributed by atoms with Crippen molar-refractivity contribution in [3.8, 4) is 5.75 Å². The highest BCUT2D eigenvalue weighted by atomic mass is 35.5. The number of phenols is 1. The van der Waals surface area contributed by atoms with Crippen LogP contribution in [0.2, 0.25) is 10.0 Å². The smallest absolute Gasteiger partial charge is 0.248 e. The van der Waals surface area contributed by atoms with Gasteiger partial charge in [0.15, 0.2) is 0 Å². The van der Waals surface area contributed by atoms with Crippen LogP contribution in [0.4, 0.5) is 5.69 Å². The van der Waals surface area contributed by atoms with Crippen molar-refractivity contribution < 1.29 is 9.90 Å². The summed E-state index contributed by atoms with van der Waals surface area (Å²) in [7, 11) is 0. The van der Waals surface area contributed by atoms with Crippen molar-refractivity contribution in [1.82, 2.24) is 0 Å². The number of benzene rings is 2. The van der Waals surface area contributed by atoms with Crippen molar-refractivity contribution in [2.75, 3.05) is 5.32 Å². The fourth-order valence-corrected chi connectivity index (χ4v) is 1.86. The molecule has 0 aromatic heterocycles. The SMILES string of the molecule is O=C(/C=C/c1ccc(O)cc1)Nc1cc(Cl)ccc1Cl. The third-order valence-corrected chi connectivity index (χ3v) is 3.07. The lowest BCUT2D eigenvalue weighted by molar-refractivity contribution is -0.111. The average Bonchev–Trinajstić information content (AvgIpc) is 2.42. The molecule has 1 amide bonds. The van der Waals surface area contributed by atoms with Crippen molar-refractivity contribution in [2.45, 2.75) is 0 Å². The molecule has 0 saturated carbocycles. The van der Waals surface area contributed by atoms with Gasteiger partial charge in [-0.2, -0.15) is 0 Å². The van der Waals surface area contributed by atoms with Crippen LogP contribution in [0.5, 0.6) is 5.75 Å². The van der Waals surface area contributed by atoms with Gasteiger partial charge in [0.2, 0.25) is 5.91 Å². The van der Waals surface area contributed by atoms with Crippen LogP contribution in [0.15, 0.2) is 48.5 Å². The van der Waals surface area contributed by atoms with Crippen LogP contribution < -0.4 is 5.32 Å². The molecule has 0 atom stereocenters. The van der Waals surface area contributed by atoms with E-state index >= 15 is 0 Å². The molecule has 3 nitrogen and oxygen atoms in total. The molecule has 0 unspecified atom stereocenters. The van der Waals surface area contributed by atoms with Crippen molar-refractivity contribution in [1.29, 1.82) is 0 Å². The summed E-state index contributed by atoms with van der Waals surface area (Å²) in [6, 6.07) is 11.3. The maximum atomic E-state index is 11.8. The molecular weight excluding hydrogens is 297 g/mol. The molecule has 20 heavy (non-hydrogen) atoms. The van der Waals surface area contributed by atoms with Gasteiger partial charge in [0.25, 0.3) is 0 Å². The molecule has 2 N–H and O–H groups in total. The Balaban J connectivity index is 2.05. The summed E-state index contributed by atoms with van der Waals surface area (Å²) in [5.41, 5.74) is 1.26. The first-order valence-corrected chi connectivity index (χ1v) is 6.53. The number of amides is 1. The van der Waals surface area contributed by atoms with Gasteiger partial charge in [-0.25, -0.2) is 0 Å². The van der Waals surface area contributed by atoms with Gasteiger partial charge in [-0.1, -0.05) is 35.3 Å². The van der Waals surface area contributed by atoms with Crippen LogP contribution >= 0.6 is 23.2 Å². The zero-order chi connectivity index (χ0) is 14.5. The van der Waals surface area contributed by atoms with Crippen LogP contribution in [0, 0.1) is 0 Å². The molecule has 0 aliphatic rings. The average molecular weight is 308 g/mol. The number of aromatic hydroxyl groups is 1. The van der Waals surface area contributed by atoms with E-state index in [4.69, 9.17) is 28.3 Å². The van der Waals surface area contributed by atoms with E-state index in [1.165, 1.54) is 6.08 Å². The second-order valence-electron chi connectivity index (χ2n) is 4.04. The van der Waals surface area contributed by atoms with Gasteiger partial charge in [0.1, 0.15) is 5.75 Å². The monoisotopic (exact) mass is 307 g/mol. The molecule has 0 aliphatic heterocycles. The van der Waals surface area contributed by atoms with E-state index < -0.39 is 0 Å². The summed E-state index contributed by atoms with van der Waals surface area (Å²) in [5, 5.41) is 12.7. The first-order chi connectivity index (χ1) is 9.54. The zero-order valence-electron chi connectivity index (χ0n) is 10.3. The van der Waals surface area contributed by atoms with E-state index in [2.05, 4.69) is 5.32 Å². The largest absolute Gasteiger partial charge is 0.508 e. The van der Waals surface area contributed by atoms with Crippen LogP contribution in [-0.2, 0) is 4.79 Å². The molecule has 102 valence electrons. The second-order valence-corrected chi connectivity index (χ2v) is 4.88. The third-order valence-electron chi connectivity index (χ3n) is 2.51. The van der Waals surface area contributed by atoms with Gasteiger partial charge < -0.3 is 10.4 Å². The van der Waals surface area contributed by atoms with E-state index in [0.29, 0.717) is 15.7 Å². The molecule has 2 rings (SSSR count). The predicted octanol–water partition coefficient (Wildman–Crippen LogP) is 4.35. The number of halogens is 2. The third kappa shape index (κ3) is 4.02. The summed E-state index contributed by atoms with van der Waals surface area (Å²) >= 11 is 11.8. The van der Waals surface area contributed by atoms with Crippen molar-refractivity contribution >= 4 is 40.9 Å². The van der Waals surface area contributed by atoms with E-state index in [9.17, 15) is 4.79 Å². The normalized spacial score (nSPS) is 10.7. The van der Waals surface area contributed by atoms with Gasteiger partial charge in [0.05, 0.1) is 10.7 Å². The number of anilines is 1. The highest BCUT2D eigenvalue weighted by Crippen LogP contribution is 2.25. The van der Waals surface area contributed by atoms with E-state index in [-0.39, 0.29) is 11.7 Å². The van der Waals surface area contributed by atoms with Crippen molar-refractivity contribution in [3.05, 3.63) is 64.1 Å². The Morgan fingerprint density at radius 3 is 2.50 bits per heavy atom. The van der Waals surface area contributed by atoms with Crippen LogP contribution in [-0.4, -0.2) is 11.0 Å². The van der Waals surface area contributed by atoms with Gasteiger partial charge in [-0.15, -0.1) is 0 Å². The lowest BCUT2D eigenvalue weighted by atomic mass is 10.2. The number of rotatable bonds is 3. The number of hydrogen-bond acceptors (Lipinski definition) is 2. The number of carbonyl (C=O) groups excluding carboxylic acids is 1. The second kappa shape index (κ2) is 6.46. The molecule has 0 spiro atoms. The first kappa shape index (κ1) is 14.4. The Bertz CT molecular complexity index is 651. The minimum Gasteiger partial charge on any atom is -0.508 e. The quantitative estimate of drug-likeness (QED) is 0.828. The lowest BCUT2D eigenvalue weighted by Crippen LogP contribution is -2.08. The Hall–Kier alpha value is -1.97. The minimum absolute atomic E-state index is 0.178. The summed E-state index contributed by atoms with van der Waals surface area (Å²) in [6.07, 6.45) is 3.01. The molecule has 0 saturated heterocycles. The molecule has 0 fully saturated rings. The van der Waals surface area contributed by atoms with E-state index in [1.807, 2.05) is 0 Å². The standard InChI is InChI=1S/C15H11Cl2NO2/c16-11-4-7-13(17)14(9-11)18-15(20)8-3-10-1-5-12(19)6-2-10/h1-9,19H,(H,18,20)/b8-3+. The number of carbonyl (C=O) groups is 1. The molecule has 0 bridgehead atoms. The summed E-state index contributed by atoms with van der Waals surface area (Å²) in [5.74, 6) is -0.139. The Labute approximate surface area is 126 Å². The molecule has 5 heteroatoms. The van der Waals surface area contributed by atoms with Crippen molar-refractivity contribution in [3.63, 3.8) is 0 Å². The molecular formula is C15H11Cl2NO2. The topological polar surface area (TPSA) is 49.3 Å². The van der Waals surface area contributed by atoms with Crippen LogP contribution in [0.3, 0.4) is 0 Å². The molecule has 2 aromatic carbocycles. The van der Waals surface area contributed by atoms with Gasteiger partial charge in [-0.3, -0.25) is 4.79 Å². The Morgan fingerprint density at radius 1 is 1.10 bits per heavy atom. The minimum atomic E-state index is -0.317. The zero-order valence-corrected chi connectivity index (χ0v) is 11.8. The van der Waals surface area contributed by atoms with Gasteiger partial charge >= 0.3 is 0 Å². The van der Waals surface area contributed by atoms with Crippen LogP contribution in [0.25, 0.3) is 6.08 Å². The summed E-state index contributed by atoms with van der Waals surface area (Å²) in [6.45, 7) is 0. The lowest BCUT2D eigenvalue weighted by Gasteiger charge is -2.05. The summed E-state index contributed by atoms with van der Waals surface area (Å²) in [4.78, 5) is 11.8. The number of phenolic OH excluding ortho intramolecular Hbond substituents is 1. The summed E-state index contributed by atoms with van der Waals surface area (Å²) < 4.78 is 0. The number of hydrogen-bond donors (Lipinski definition) is 2. The molecule has 0 radical (unpaired) electrons. The maximum Gasteiger partial charge on any atom is 0.248 e. The highest BCUT2D eigenvalue weighted by molar-refractivity contribution is 6.35. The predicted molar refractivity (Wildman–Crippen MR) is 82.2 cm³/mol. The highest BCUT2D eigenvalue weighted by Gasteiger charge is 2.03. The van der Waals surface area contributed by atoms with Crippen molar-refractivity contribution in [2.24, 2.45) is 0 Å². The Kier molecular flexibility index (Phi) is 4.66. The van der Waals surface area contributed by atoms with Crippen LogP contribution in [0.1, 0.15) is 5.56 Å². The first-order valence-electron chi connectivity index (χ1n) is 5.78. The fraction of sp³-hybridized carbons (Fsp3) is 0. The fourth-order valence-electron chi connectivity index (χ4n) is 1.53. The van der Waals surface area contributed by atoms with E-state index in [0.717, 1.165) is 5.56 Å². The number of nitrogens with one attached hydrogen (secondary N) is 1.